The standard InChI is InChI=1S/C20H35N5O2/c1-4-9-24-11-8-21-18(24)16-23-13-12-22(2)20(17-23)6-5-19(26)25(10-7-20)14-15-27-3/h8,11H,4-7,9-10,12-17H2,1-3H3/t20-/m1/s1. The zero-order chi connectivity index (χ0) is 19.3. The number of imidazole rings is 1. The summed E-state index contributed by atoms with van der Waals surface area (Å²) < 4.78 is 7.45. The average molecular weight is 378 g/mol. The summed E-state index contributed by atoms with van der Waals surface area (Å²) in [6.07, 6.45) is 7.71. The first-order valence-electron chi connectivity index (χ1n) is 10.3. The molecule has 1 amide bonds. The van der Waals surface area contributed by atoms with E-state index in [1.54, 1.807) is 7.11 Å². The third-order valence-corrected chi connectivity index (χ3v) is 6.28. The zero-order valence-electron chi connectivity index (χ0n) is 17.2. The molecule has 3 heterocycles. The van der Waals surface area contributed by atoms with Crippen LogP contribution in [0, 0.1) is 0 Å². The molecule has 7 heteroatoms. The highest BCUT2D eigenvalue weighted by Gasteiger charge is 2.42. The summed E-state index contributed by atoms with van der Waals surface area (Å²) in [6, 6.07) is 0. The van der Waals surface area contributed by atoms with Gasteiger partial charge in [0.05, 0.1) is 13.2 Å². The van der Waals surface area contributed by atoms with E-state index in [2.05, 4.69) is 39.5 Å². The molecule has 0 aliphatic carbocycles. The quantitative estimate of drug-likeness (QED) is 0.720. The van der Waals surface area contributed by atoms with Gasteiger partial charge in [-0.15, -0.1) is 0 Å². The maximum Gasteiger partial charge on any atom is 0.222 e. The molecule has 0 bridgehead atoms. The first kappa shape index (κ1) is 20.3. The Kier molecular flexibility index (Phi) is 6.89. The smallest absolute Gasteiger partial charge is 0.222 e. The van der Waals surface area contributed by atoms with Crippen molar-refractivity contribution in [3.8, 4) is 0 Å². The maximum absolute atomic E-state index is 12.5. The normalized spacial score (nSPS) is 25.3. The summed E-state index contributed by atoms with van der Waals surface area (Å²) in [5.74, 6) is 1.43. The molecule has 0 radical (unpaired) electrons. The second-order valence-electron chi connectivity index (χ2n) is 8.02. The molecule has 0 unspecified atom stereocenters. The number of hydrogen-bond acceptors (Lipinski definition) is 5. The molecular formula is C20H35N5O2. The van der Waals surface area contributed by atoms with Crippen molar-refractivity contribution in [1.29, 1.82) is 0 Å². The number of methoxy groups -OCH3 is 1. The van der Waals surface area contributed by atoms with Crippen molar-refractivity contribution in [3.63, 3.8) is 0 Å². The zero-order valence-corrected chi connectivity index (χ0v) is 17.2. The number of nitrogens with zero attached hydrogens (tertiary/aromatic N) is 5. The van der Waals surface area contributed by atoms with E-state index in [4.69, 9.17) is 4.74 Å². The third-order valence-electron chi connectivity index (χ3n) is 6.28. The van der Waals surface area contributed by atoms with Gasteiger partial charge in [0.25, 0.3) is 0 Å². The second kappa shape index (κ2) is 9.17. The fraction of sp³-hybridized carbons (Fsp3) is 0.800. The molecule has 7 nitrogen and oxygen atoms in total. The van der Waals surface area contributed by atoms with Gasteiger partial charge in [-0.1, -0.05) is 6.92 Å². The van der Waals surface area contributed by atoms with Crippen molar-refractivity contribution in [1.82, 2.24) is 24.3 Å². The van der Waals surface area contributed by atoms with Gasteiger partial charge in [-0.2, -0.15) is 0 Å². The summed E-state index contributed by atoms with van der Waals surface area (Å²) in [5, 5.41) is 0. The van der Waals surface area contributed by atoms with E-state index >= 15 is 0 Å². The van der Waals surface area contributed by atoms with Gasteiger partial charge in [-0.3, -0.25) is 14.6 Å². The molecule has 1 aromatic heterocycles. The molecular weight excluding hydrogens is 342 g/mol. The number of carbonyl (C=O) groups is 1. The highest BCUT2D eigenvalue weighted by molar-refractivity contribution is 5.76. The molecule has 2 saturated heterocycles. The summed E-state index contributed by atoms with van der Waals surface area (Å²) in [6.45, 7) is 9.36. The van der Waals surface area contributed by atoms with E-state index in [-0.39, 0.29) is 11.4 Å². The molecule has 3 rings (SSSR count). The highest BCUT2D eigenvalue weighted by atomic mass is 16.5. The Balaban J connectivity index is 1.67. The lowest BCUT2D eigenvalue weighted by Gasteiger charge is -2.49. The Labute approximate surface area is 163 Å². The fourth-order valence-electron chi connectivity index (χ4n) is 4.48. The van der Waals surface area contributed by atoms with E-state index in [1.165, 1.54) is 0 Å². The average Bonchev–Trinajstić information content (AvgIpc) is 3.03. The molecule has 1 aromatic rings. The van der Waals surface area contributed by atoms with E-state index in [1.807, 2.05) is 11.1 Å². The minimum absolute atomic E-state index is 0.0813. The number of aromatic nitrogens is 2. The van der Waals surface area contributed by atoms with Crippen LogP contribution in [0.15, 0.2) is 12.4 Å². The van der Waals surface area contributed by atoms with Crippen LogP contribution in [0.3, 0.4) is 0 Å². The van der Waals surface area contributed by atoms with Gasteiger partial charge in [0.15, 0.2) is 0 Å². The van der Waals surface area contributed by atoms with Gasteiger partial charge in [0, 0.05) is 70.7 Å². The number of likely N-dealkylation sites (tertiary alicyclic amines) is 1. The Morgan fingerprint density at radius 2 is 2.07 bits per heavy atom. The largest absolute Gasteiger partial charge is 0.383 e. The fourth-order valence-corrected chi connectivity index (χ4v) is 4.48. The van der Waals surface area contributed by atoms with Crippen molar-refractivity contribution in [3.05, 3.63) is 18.2 Å². The third kappa shape index (κ3) is 4.70. The van der Waals surface area contributed by atoms with Crippen molar-refractivity contribution >= 4 is 5.91 Å². The predicted molar refractivity (Wildman–Crippen MR) is 105 cm³/mol. The Morgan fingerprint density at radius 1 is 1.22 bits per heavy atom. The second-order valence-corrected chi connectivity index (χ2v) is 8.02. The predicted octanol–water partition coefficient (Wildman–Crippen LogP) is 1.44. The van der Waals surface area contributed by atoms with Crippen molar-refractivity contribution in [2.45, 2.75) is 51.2 Å². The molecule has 2 aliphatic heterocycles. The van der Waals surface area contributed by atoms with E-state index in [9.17, 15) is 4.79 Å². The van der Waals surface area contributed by atoms with Crippen LogP contribution < -0.4 is 0 Å². The summed E-state index contributed by atoms with van der Waals surface area (Å²) in [5.41, 5.74) is 0.0813. The summed E-state index contributed by atoms with van der Waals surface area (Å²) in [4.78, 5) is 24.1. The molecule has 27 heavy (non-hydrogen) atoms. The molecule has 0 N–H and O–H groups in total. The number of ether oxygens (including phenoxy) is 1. The number of carbonyl (C=O) groups excluding carboxylic acids is 1. The van der Waals surface area contributed by atoms with Gasteiger partial charge in [-0.25, -0.2) is 4.98 Å². The minimum Gasteiger partial charge on any atom is -0.383 e. The van der Waals surface area contributed by atoms with Gasteiger partial charge in [0.2, 0.25) is 5.91 Å². The van der Waals surface area contributed by atoms with Crippen LogP contribution >= 0.6 is 0 Å². The van der Waals surface area contributed by atoms with Gasteiger partial charge in [0.1, 0.15) is 5.82 Å². The van der Waals surface area contributed by atoms with Gasteiger partial charge >= 0.3 is 0 Å². The van der Waals surface area contributed by atoms with Crippen molar-refractivity contribution in [2.75, 3.05) is 53.5 Å². The molecule has 1 spiro atoms. The van der Waals surface area contributed by atoms with Crippen LogP contribution in [0.1, 0.15) is 38.4 Å². The first-order chi connectivity index (χ1) is 13.1. The lowest BCUT2D eigenvalue weighted by Crippen LogP contribution is -2.60. The van der Waals surface area contributed by atoms with E-state index in [0.717, 1.165) is 64.4 Å². The van der Waals surface area contributed by atoms with Crippen molar-refractivity contribution < 1.29 is 9.53 Å². The van der Waals surface area contributed by atoms with Crippen LogP contribution in [-0.4, -0.2) is 89.2 Å². The van der Waals surface area contributed by atoms with Gasteiger partial charge in [-0.05, 0) is 26.3 Å². The minimum atomic E-state index is 0.0813. The first-order valence-corrected chi connectivity index (χ1v) is 10.3. The SMILES string of the molecule is CCCn1ccnc1CN1CCN(C)[C@@]2(CCC(=O)N(CCOC)CC2)C1. The summed E-state index contributed by atoms with van der Waals surface area (Å²) in [7, 11) is 3.92. The van der Waals surface area contributed by atoms with Crippen LogP contribution in [0.5, 0.6) is 0 Å². The highest BCUT2D eigenvalue weighted by Crippen LogP contribution is 2.32. The summed E-state index contributed by atoms with van der Waals surface area (Å²) >= 11 is 0. The Morgan fingerprint density at radius 3 is 2.85 bits per heavy atom. The molecule has 0 saturated carbocycles. The van der Waals surface area contributed by atoms with E-state index in [0.29, 0.717) is 19.6 Å². The number of amides is 1. The van der Waals surface area contributed by atoms with E-state index < -0.39 is 0 Å². The van der Waals surface area contributed by atoms with Crippen LogP contribution in [0.25, 0.3) is 0 Å². The number of piperazine rings is 1. The lowest BCUT2D eigenvalue weighted by molar-refractivity contribution is -0.131. The Bertz CT molecular complexity index is 619. The number of rotatable bonds is 7. The van der Waals surface area contributed by atoms with Crippen LogP contribution in [0.4, 0.5) is 0 Å². The molecule has 1 atom stereocenters. The van der Waals surface area contributed by atoms with Crippen LogP contribution in [0.2, 0.25) is 0 Å². The monoisotopic (exact) mass is 377 g/mol. The van der Waals surface area contributed by atoms with Gasteiger partial charge < -0.3 is 14.2 Å². The topological polar surface area (TPSA) is 53.8 Å². The van der Waals surface area contributed by atoms with Crippen LogP contribution in [-0.2, 0) is 22.6 Å². The molecule has 2 fully saturated rings. The molecule has 0 aromatic carbocycles. The molecule has 2 aliphatic rings. The molecule has 152 valence electrons. The maximum atomic E-state index is 12.5. The number of likely N-dealkylation sites (N-methyl/N-ethyl adjacent to an activating group) is 1. The Hall–Kier alpha value is -1.44. The number of aryl methyl sites for hydroxylation is 1. The number of hydrogen-bond donors (Lipinski definition) is 0. The van der Waals surface area contributed by atoms with Crippen molar-refractivity contribution in [2.24, 2.45) is 0 Å². The lowest BCUT2D eigenvalue weighted by atomic mass is 9.86.